The highest BCUT2D eigenvalue weighted by molar-refractivity contribution is 7.12. The van der Waals surface area contributed by atoms with E-state index in [-0.39, 0.29) is 36.8 Å². The van der Waals surface area contributed by atoms with Gasteiger partial charge in [0.05, 0.1) is 5.56 Å². The van der Waals surface area contributed by atoms with Crippen molar-refractivity contribution < 1.29 is 4.79 Å². The molecule has 0 radical (unpaired) electrons. The van der Waals surface area contributed by atoms with Gasteiger partial charge in [0.2, 0.25) is 0 Å². The maximum absolute atomic E-state index is 12.5. The van der Waals surface area contributed by atoms with E-state index in [4.69, 9.17) is 0 Å². The first kappa shape index (κ1) is 20.0. The number of nitrogens with one attached hydrogen (secondary N) is 2. The topological polar surface area (TPSA) is 59.0 Å². The molecule has 2 aromatic heterocycles. The molecule has 2 aromatic rings. The predicted octanol–water partition coefficient (Wildman–Crippen LogP) is 2.88. The third kappa shape index (κ3) is 4.26. The van der Waals surface area contributed by atoms with Crippen LogP contribution in [0.15, 0.2) is 17.6 Å². The van der Waals surface area contributed by atoms with Gasteiger partial charge in [-0.15, -0.1) is 36.2 Å². The Morgan fingerprint density at radius 1 is 1.43 bits per heavy atom. The van der Waals surface area contributed by atoms with Gasteiger partial charge >= 0.3 is 0 Å². The standard InChI is InChI=1S/C15H20N4OS.2ClH/c1-10-8-13(11(2)19(10)15-17-6-7-21-15)14(20)18-12-4-3-5-16-9-12;;/h6-8,12,16H,3-5,9H2,1-2H3,(H,18,20);2*1H/t12-;;/m0../s1. The molecule has 3 heterocycles. The van der Waals surface area contributed by atoms with Gasteiger partial charge in [-0.05, 0) is 39.3 Å². The van der Waals surface area contributed by atoms with Crippen LogP contribution < -0.4 is 10.6 Å². The van der Waals surface area contributed by atoms with E-state index in [2.05, 4.69) is 15.6 Å². The van der Waals surface area contributed by atoms with Crippen molar-refractivity contribution in [1.29, 1.82) is 0 Å². The van der Waals surface area contributed by atoms with Crippen LogP contribution in [0.2, 0.25) is 0 Å². The SMILES string of the molecule is Cc1cc(C(=O)N[C@H]2CCCNC2)c(C)n1-c1nccs1.Cl.Cl. The molecule has 1 amide bonds. The van der Waals surface area contributed by atoms with Gasteiger partial charge in [0, 0.05) is 35.6 Å². The van der Waals surface area contributed by atoms with Gasteiger partial charge in [-0.25, -0.2) is 4.98 Å². The Morgan fingerprint density at radius 3 is 2.83 bits per heavy atom. The summed E-state index contributed by atoms with van der Waals surface area (Å²) in [4.78, 5) is 16.8. The second-order valence-electron chi connectivity index (χ2n) is 5.45. The Labute approximate surface area is 152 Å². The first-order valence-electron chi connectivity index (χ1n) is 7.27. The lowest BCUT2D eigenvalue weighted by molar-refractivity contribution is 0.0930. The predicted molar refractivity (Wildman–Crippen MR) is 98.8 cm³/mol. The van der Waals surface area contributed by atoms with E-state index in [0.29, 0.717) is 0 Å². The summed E-state index contributed by atoms with van der Waals surface area (Å²) in [6.07, 6.45) is 3.94. The van der Waals surface area contributed by atoms with E-state index in [1.807, 2.05) is 29.9 Å². The van der Waals surface area contributed by atoms with Gasteiger partial charge in [-0.1, -0.05) is 0 Å². The van der Waals surface area contributed by atoms with Crippen LogP contribution in [0.3, 0.4) is 0 Å². The summed E-state index contributed by atoms with van der Waals surface area (Å²) in [5.74, 6) is 0.0135. The lowest BCUT2D eigenvalue weighted by atomic mass is 10.1. The zero-order valence-corrected chi connectivity index (χ0v) is 15.6. The molecule has 8 heteroatoms. The van der Waals surface area contributed by atoms with Crippen molar-refractivity contribution in [3.05, 3.63) is 34.6 Å². The number of thiazole rings is 1. The summed E-state index contributed by atoms with van der Waals surface area (Å²) in [5.41, 5.74) is 2.73. The van der Waals surface area contributed by atoms with Crippen LogP contribution >= 0.6 is 36.2 Å². The Morgan fingerprint density at radius 2 is 2.22 bits per heavy atom. The summed E-state index contributed by atoms with van der Waals surface area (Å²) < 4.78 is 2.04. The molecule has 1 aliphatic rings. The molecule has 1 saturated heterocycles. The molecule has 1 aliphatic heterocycles. The first-order valence-corrected chi connectivity index (χ1v) is 8.15. The minimum Gasteiger partial charge on any atom is -0.348 e. The first-order chi connectivity index (χ1) is 10.2. The summed E-state index contributed by atoms with van der Waals surface area (Å²) >= 11 is 1.58. The number of rotatable bonds is 3. The Balaban J connectivity index is 0.00000132. The average Bonchev–Trinajstić information content (AvgIpc) is 3.08. The number of piperidine rings is 1. The van der Waals surface area contributed by atoms with Gasteiger partial charge in [0.25, 0.3) is 5.91 Å². The highest BCUT2D eigenvalue weighted by atomic mass is 35.5. The molecule has 0 saturated carbocycles. The van der Waals surface area contributed by atoms with Crippen molar-refractivity contribution in [3.8, 4) is 5.13 Å². The van der Waals surface area contributed by atoms with Crippen molar-refractivity contribution >= 4 is 42.1 Å². The van der Waals surface area contributed by atoms with E-state index < -0.39 is 0 Å². The van der Waals surface area contributed by atoms with Gasteiger partial charge in [-0.3, -0.25) is 9.36 Å². The molecule has 1 fully saturated rings. The molecule has 0 bridgehead atoms. The fourth-order valence-corrected chi connectivity index (χ4v) is 3.60. The number of hydrogen-bond acceptors (Lipinski definition) is 4. The monoisotopic (exact) mass is 376 g/mol. The van der Waals surface area contributed by atoms with E-state index >= 15 is 0 Å². The summed E-state index contributed by atoms with van der Waals surface area (Å²) in [6, 6.07) is 2.18. The lowest BCUT2D eigenvalue weighted by Crippen LogP contribution is -2.45. The number of amides is 1. The minimum atomic E-state index is 0. The Hall–Kier alpha value is -1.08. The van der Waals surface area contributed by atoms with Crippen LogP contribution in [-0.4, -0.2) is 34.6 Å². The van der Waals surface area contributed by atoms with E-state index in [0.717, 1.165) is 48.0 Å². The third-order valence-electron chi connectivity index (χ3n) is 3.92. The molecule has 0 aromatic carbocycles. The van der Waals surface area contributed by atoms with Crippen molar-refractivity contribution in [2.45, 2.75) is 32.7 Å². The lowest BCUT2D eigenvalue weighted by Gasteiger charge is -2.23. The fraction of sp³-hybridized carbons (Fsp3) is 0.467. The highest BCUT2D eigenvalue weighted by Crippen LogP contribution is 2.22. The third-order valence-corrected chi connectivity index (χ3v) is 4.68. The number of hydrogen-bond donors (Lipinski definition) is 2. The molecular weight excluding hydrogens is 355 g/mol. The van der Waals surface area contributed by atoms with Gasteiger partial charge in [0.1, 0.15) is 0 Å². The van der Waals surface area contributed by atoms with Crippen molar-refractivity contribution in [2.24, 2.45) is 0 Å². The second-order valence-corrected chi connectivity index (χ2v) is 6.32. The molecule has 3 rings (SSSR count). The molecular formula is C15H22Cl2N4OS. The molecule has 23 heavy (non-hydrogen) atoms. The maximum Gasteiger partial charge on any atom is 0.253 e. The molecule has 2 N–H and O–H groups in total. The summed E-state index contributed by atoms with van der Waals surface area (Å²) in [6.45, 7) is 5.89. The fourth-order valence-electron chi connectivity index (χ4n) is 2.85. The van der Waals surface area contributed by atoms with Gasteiger partial charge in [0.15, 0.2) is 5.13 Å². The van der Waals surface area contributed by atoms with Crippen LogP contribution in [0, 0.1) is 13.8 Å². The number of carbonyl (C=O) groups excluding carboxylic acids is 1. The number of carbonyl (C=O) groups is 1. The molecule has 1 atom stereocenters. The number of aryl methyl sites for hydroxylation is 1. The van der Waals surface area contributed by atoms with Crippen molar-refractivity contribution in [1.82, 2.24) is 20.2 Å². The highest BCUT2D eigenvalue weighted by Gasteiger charge is 2.21. The molecule has 5 nitrogen and oxygen atoms in total. The Bertz CT molecular complexity index is 636. The van der Waals surface area contributed by atoms with Crippen LogP contribution in [-0.2, 0) is 0 Å². The normalized spacial score (nSPS) is 17.0. The summed E-state index contributed by atoms with van der Waals surface area (Å²) in [7, 11) is 0. The molecule has 0 aliphatic carbocycles. The van der Waals surface area contributed by atoms with E-state index in [9.17, 15) is 4.79 Å². The van der Waals surface area contributed by atoms with Crippen LogP contribution in [0.5, 0.6) is 0 Å². The smallest absolute Gasteiger partial charge is 0.253 e. The zero-order valence-electron chi connectivity index (χ0n) is 13.2. The maximum atomic E-state index is 12.5. The van der Waals surface area contributed by atoms with Crippen LogP contribution in [0.4, 0.5) is 0 Å². The van der Waals surface area contributed by atoms with Crippen molar-refractivity contribution in [2.75, 3.05) is 13.1 Å². The zero-order chi connectivity index (χ0) is 14.8. The van der Waals surface area contributed by atoms with E-state index in [1.54, 1.807) is 17.5 Å². The van der Waals surface area contributed by atoms with Gasteiger partial charge in [-0.2, -0.15) is 0 Å². The molecule has 0 unspecified atom stereocenters. The number of halogens is 2. The van der Waals surface area contributed by atoms with E-state index in [1.165, 1.54) is 0 Å². The van der Waals surface area contributed by atoms with Gasteiger partial charge < -0.3 is 10.6 Å². The quantitative estimate of drug-likeness (QED) is 0.865. The summed E-state index contributed by atoms with van der Waals surface area (Å²) in [5, 5.41) is 9.30. The average molecular weight is 377 g/mol. The largest absolute Gasteiger partial charge is 0.348 e. The minimum absolute atomic E-state index is 0. The second kappa shape index (κ2) is 8.68. The number of nitrogens with zero attached hydrogens (tertiary/aromatic N) is 2. The Kier molecular flexibility index (Phi) is 7.54. The molecule has 0 spiro atoms. The number of aromatic nitrogens is 2. The van der Waals surface area contributed by atoms with Crippen LogP contribution in [0.25, 0.3) is 5.13 Å². The van der Waals surface area contributed by atoms with Crippen LogP contribution in [0.1, 0.15) is 34.6 Å². The molecule has 128 valence electrons. The van der Waals surface area contributed by atoms with Crippen molar-refractivity contribution in [3.63, 3.8) is 0 Å².